The number of carbonyl (C=O) groups excluding carboxylic acids is 1. The van der Waals surface area contributed by atoms with Crippen molar-refractivity contribution in [2.45, 2.75) is 13.5 Å². The summed E-state index contributed by atoms with van der Waals surface area (Å²) < 4.78 is 6.28. The lowest BCUT2D eigenvalue weighted by Gasteiger charge is -1.97. The van der Waals surface area contributed by atoms with E-state index in [9.17, 15) is 4.79 Å². The first kappa shape index (κ1) is 13.9. The van der Waals surface area contributed by atoms with Crippen LogP contribution < -0.4 is 0 Å². The molecule has 0 amide bonds. The molecule has 0 aliphatic heterocycles. The number of nitrogens with zero attached hydrogens (tertiary/aromatic N) is 2. The summed E-state index contributed by atoms with van der Waals surface area (Å²) in [5.74, 6) is -0.389. The lowest BCUT2D eigenvalue weighted by molar-refractivity contribution is -0.138. The first-order valence-electron chi connectivity index (χ1n) is 6.32. The highest BCUT2D eigenvalue weighted by atomic mass is 32.1. The first-order valence-corrected chi connectivity index (χ1v) is 8.02. The van der Waals surface area contributed by atoms with Gasteiger partial charge < -0.3 is 4.74 Å². The van der Waals surface area contributed by atoms with Crippen LogP contribution in [0.3, 0.4) is 0 Å². The number of rotatable bonds is 4. The molecule has 6 heteroatoms. The van der Waals surface area contributed by atoms with Gasteiger partial charge in [0.15, 0.2) is 0 Å². The summed E-state index contributed by atoms with van der Waals surface area (Å²) in [6.45, 7) is 2.12. The number of ether oxygens (including phenoxy) is 1. The molecule has 0 atom stereocenters. The number of hydrogen-bond donors (Lipinski definition) is 0. The van der Waals surface area contributed by atoms with Gasteiger partial charge in [0.1, 0.15) is 11.6 Å². The average molecular weight is 316 g/mol. The van der Waals surface area contributed by atoms with Gasteiger partial charge in [0.05, 0.1) is 20.9 Å². The Hall–Kier alpha value is -2.05. The predicted octanol–water partition coefficient (Wildman–Crippen LogP) is 3.82. The van der Waals surface area contributed by atoms with Gasteiger partial charge in [-0.05, 0) is 25.1 Å². The van der Waals surface area contributed by atoms with Crippen LogP contribution >= 0.6 is 22.7 Å². The summed E-state index contributed by atoms with van der Waals surface area (Å²) in [6.07, 6.45) is 3.05. The maximum atomic E-state index is 11.7. The van der Waals surface area contributed by atoms with Crippen molar-refractivity contribution in [1.29, 1.82) is 0 Å². The molecule has 0 fully saturated rings. The molecule has 0 saturated carbocycles. The Labute approximate surface area is 129 Å². The van der Waals surface area contributed by atoms with E-state index in [1.165, 1.54) is 17.4 Å². The molecule has 0 radical (unpaired) electrons. The molecule has 2 heterocycles. The third-order valence-electron chi connectivity index (χ3n) is 2.70. The van der Waals surface area contributed by atoms with Crippen molar-refractivity contribution in [2.75, 3.05) is 0 Å². The molecule has 0 spiro atoms. The minimum atomic E-state index is -0.389. The Morgan fingerprint density at radius 3 is 2.95 bits per heavy atom. The summed E-state index contributed by atoms with van der Waals surface area (Å²) in [4.78, 5) is 20.3. The Bertz CT molecular complexity index is 772. The Kier molecular flexibility index (Phi) is 4.08. The second-order valence-electron chi connectivity index (χ2n) is 4.31. The van der Waals surface area contributed by atoms with E-state index >= 15 is 0 Å². The molecule has 4 nitrogen and oxygen atoms in total. The molecule has 2 aromatic heterocycles. The number of carbonyl (C=O) groups is 1. The maximum absolute atomic E-state index is 11.7. The monoisotopic (exact) mass is 316 g/mol. The zero-order chi connectivity index (χ0) is 14.7. The van der Waals surface area contributed by atoms with Crippen LogP contribution in [0.5, 0.6) is 0 Å². The van der Waals surface area contributed by atoms with Gasteiger partial charge in [-0.15, -0.1) is 22.7 Å². The van der Waals surface area contributed by atoms with E-state index in [1.54, 1.807) is 17.4 Å². The summed E-state index contributed by atoms with van der Waals surface area (Å²) in [6, 6.07) is 7.86. The summed E-state index contributed by atoms with van der Waals surface area (Å²) in [5.41, 5.74) is 1.71. The molecule has 21 heavy (non-hydrogen) atoms. The fraction of sp³-hybridized carbons (Fsp3) is 0.133. The number of benzene rings is 1. The van der Waals surface area contributed by atoms with Crippen molar-refractivity contribution in [3.8, 4) is 0 Å². The molecule has 0 saturated heterocycles. The van der Waals surface area contributed by atoms with Crippen LogP contribution in [0.4, 0.5) is 0 Å². The smallest absolute Gasteiger partial charge is 0.331 e. The fourth-order valence-corrected chi connectivity index (χ4v) is 3.23. The van der Waals surface area contributed by atoms with Gasteiger partial charge in [-0.1, -0.05) is 12.1 Å². The third-order valence-corrected chi connectivity index (χ3v) is 4.50. The van der Waals surface area contributed by atoms with Gasteiger partial charge in [-0.3, -0.25) is 0 Å². The third kappa shape index (κ3) is 3.53. The normalized spacial score (nSPS) is 11.3. The number of thiazole rings is 2. The molecule has 0 aliphatic carbocycles. The van der Waals surface area contributed by atoms with Crippen LogP contribution in [-0.2, 0) is 16.1 Å². The molecule has 3 aromatic rings. The van der Waals surface area contributed by atoms with Crippen LogP contribution in [0.25, 0.3) is 16.3 Å². The number of aromatic nitrogens is 2. The minimum Gasteiger partial charge on any atom is -0.455 e. The van der Waals surface area contributed by atoms with Crippen LogP contribution in [0.15, 0.2) is 35.7 Å². The van der Waals surface area contributed by atoms with E-state index in [-0.39, 0.29) is 12.6 Å². The van der Waals surface area contributed by atoms with Crippen molar-refractivity contribution >= 4 is 44.9 Å². The molecule has 0 unspecified atom stereocenters. The van der Waals surface area contributed by atoms with Crippen LogP contribution in [0.2, 0.25) is 0 Å². The second kappa shape index (κ2) is 6.15. The number of para-hydroxylation sites is 1. The molecule has 0 bridgehead atoms. The average Bonchev–Trinajstić information content (AvgIpc) is 3.08. The quantitative estimate of drug-likeness (QED) is 0.542. The summed E-state index contributed by atoms with van der Waals surface area (Å²) in [7, 11) is 0. The van der Waals surface area contributed by atoms with E-state index in [0.717, 1.165) is 25.9 Å². The molecule has 106 valence electrons. The number of aryl methyl sites for hydroxylation is 1. The fourth-order valence-electron chi connectivity index (χ4n) is 1.77. The van der Waals surface area contributed by atoms with Crippen LogP contribution in [0.1, 0.15) is 15.7 Å². The minimum absolute atomic E-state index is 0.193. The molecular weight excluding hydrogens is 304 g/mol. The van der Waals surface area contributed by atoms with E-state index in [2.05, 4.69) is 9.97 Å². The van der Waals surface area contributed by atoms with E-state index < -0.39 is 0 Å². The number of esters is 1. The predicted molar refractivity (Wildman–Crippen MR) is 85.3 cm³/mol. The highest BCUT2D eigenvalue weighted by Gasteiger charge is 2.05. The zero-order valence-electron chi connectivity index (χ0n) is 11.3. The summed E-state index contributed by atoms with van der Waals surface area (Å²) in [5, 5.41) is 3.66. The Morgan fingerprint density at radius 2 is 2.19 bits per heavy atom. The lowest BCUT2D eigenvalue weighted by Crippen LogP contribution is -2.00. The molecule has 0 N–H and O–H groups in total. The van der Waals surface area contributed by atoms with Crippen molar-refractivity contribution in [3.63, 3.8) is 0 Å². The van der Waals surface area contributed by atoms with Crippen molar-refractivity contribution in [3.05, 3.63) is 51.4 Å². The van der Waals surface area contributed by atoms with Crippen LogP contribution in [-0.4, -0.2) is 15.9 Å². The SMILES string of the molecule is Cc1nc(/C=C/C(=O)OCc2nc3ccccc3s2)cs1. The second-order valence-corrected chi connectivity index (χ2v) is 6.49. The van der Waals surface area contributed by atoms with E-state index in [1.807, 2.05) is 36.6 Å². The van der Waals surface area contributed by atoms with Crippen molar-refractivity contribution in [2.24, 2.45) is 0 Å². The zero-order valence-corrected chi connectivity index (χ0v) is 12.9. The molecular formula is C15H12N2O2S2. The standard InChI is InChI=1S/C15H12N2O2S2/c1-10-16-11(9-20-10)6-7-15(18)19-8-14-17-12-4-2-3-5-13(12)21-14/h2-7,9H,8H2,1H3/b7-6+. The van der Waals surface area contributed by atoms with Gasteiger partial charge >= 0.3 is 5.97 Å². The van der Waals surface area contributed by atoms with Gasteiger partial charge in [0.2, 0.25) is 0 Å². The molecule has 3 rings (SSSR count). The maximum Gasteiger partial charge on any atom is 0.331 e. The van der Waals surface area contributed by atoms with Gasteiger partial charge in [0.25, 0.3) is 0 Å². The van der Waals surface area contributed by atoms with Crippen molar-refractivity contribution in [1.82, 2.24) is 9.97 Å². The van der Waals surface area contributed by atoms with E-state index in [0.29, 0.717) is 0 Å². The van der Waals surface area contributed by atoms with Crippen LogP contribution in [0, 0.1) is 6.92 Å². The Morgan fingerprint density at radius 1 is 1.33 bits per heavy atom. The largest absolute Gasteiger partial charge is 0.455 e. The van der Waals surface area contributed by atoms with Crippen molar-refractivity contribution < 1.29 is 9.53 Å². The first-order chi connectivity index (χ1) is 10.2. The lowest BCUT2D eigenvalue weighted by atomic mass is 10.3. The van der Waals surface area contributed by atoms with Gasteiger partial charge in [-0.2, -0.15) is 0 Å². The molecule has 1 aromatic carbocycles. The highest BCUT2D eigenvalue weighted by Crippen LogP contribution is 2.22. The molecule has 0 aliphatic rings. The highest BCUT2D eigenvalue weighted by molar-refractivity contribution is 7.18. The Balaban J connectivity index is 1.59. The van der Waals surface area contributed by atoms with Gasteiger partial charge in [-0.25, -0.2) is 14.8 Å². The topological polar surface area (TPSA) is 52.1 Å². The number of fused-ring (bicyclic) bond motifs is 1. The van der Waals surface area contributed by atoms with Gasteiger partial charge in [0, 0.05) is 11.5 Å². The number of hydrogen-bond acceptors (Lipinski definition) is 6. The van der Waals surface area contributed by atoms with E-state index in [4.69, 9.17) is 4.74 Å². The summed E-state index contributed by atoms with van der Waals surface area (Å²) >= 11 is 3.08.